The van der Waals surface area contributed by atoms with Crippen LogP contribution in [0.15, 0.2) is 159 Å². The van der Waals surface area contributed by atoms with E-state index >= 15 is 0 Å². The van der Waals surface area contributed by atoms with Crippen LogP contribution >= 0.6 is 11.6 Å². The first kappa shape index (κ1) is 64.7. The predicted octanol–water partition coefficient (Wildman–Crippen LogP) is 14.9. The van der Waals surface area contributed by atoms with Gasteiger partial charge in [-0.25, -0.2) is 9.97 Å². The first-order chi connectivity index (χ1) is 39.3. The Kier molecular flexibility index (Phi) is 29.6. The largest absolute Gasteiger partial charge is 0.490 e. The van der Waals surface area contributed by atoms with Crippen molar-refractivity contribution in [1.82, 2.24) is 19.9 Å². The van der Waals surface area contributed by atoms with E-state index in [1.54, 1.807) is 66.9 Å². The van der Waals surface area contributed by atoms with Gasteiger partial charge in [-0.05, 0) is 140 Å². The smallest absolute Gasteiger partial charge is 0.269 e. The number of nitrogen functional groups attached to an aromatic ring is 1. The molecule has 7 aromatic rings. The van der Waals surface area contributed by atoms with Crippen LogP contribution in [-0.2, 0) is 33.6 Å². The molecule has 2 amide bonds. The summed E-state index contributed by atoms with van der Waals surface area (Å²) >= 11 is 5.73. The molecule has 8 rings (SSSR count). The number of carbonyl (C=O) groups excluding carboxylic acids is 2. The number of non-ortho nitro benzene ring substituents is 1. The van der Waals surface area contributed by atoms with E-state index in [0.29, 0.717) is 40.3 Å². The van der Waals surface area contributed by atoms with Gasteiger partial charge in [0.1, 0.15) is 11.5 Å². The Morgan fingerprint density at radius 1 is 0.654 bits per heavy atom. The fourth-order valence-corrected chi connectivity index (χ4v) is 7.19. The molecule has 1 saturated heterocycles. The number of hydrogen-bond acceptors (Lipinski definition) is 15. The van der Waals surface area contributed by atoms with Crippen molar-refractivity contribution >= 4 is 57.8 Å². The highest BCUT2D eigenvalue weighted by Gasteiger charge is 2.13. The molecule has 0 unspecified atom stereocenters. The minimum absolute atomic E-state index is 0.0434. The highest BCUT2D eigenvalue weighted by atomic mass is 35.5. The van der Waals surface area contributed by atoms with E-state index in [2.05, 4.69) is 94.1 Å². The minimum atomic E-state index is -0.371. The quantitative estimate of drug-likeness (QED) is 0.0162. The van der Waals surface area contributed by atoms with Gasteiger partial charge in [-0.15, -0.1) is 0 Å². The lowest BCUT2D eigenvalue weighted by molar-refractivity contribution is -0.384. The summed E-state index contributed by atoms with van der Waals surface area (Å²) in [6, 6.07) is 36.9. The number of nitro groups is 1. The van der Waals surface area contributed by atoms with E-state index in [1.165, 1.54) is 94.2 Å². The molecule has 3 heterocycles. The van der Waals surface area contributed by atoms with Crippen LogP contribution in [0.2, 0.25) is 5.28 Å². The number of methoxy groups -OCH3 is 2. The van der Waals surface area contributed by atoms with E-state index in [9.17, 15) is 19.7 Å². The second-order valence-electron chi connectivity index (χ2n) is 17.8. The number of nitrogens with one attached hydrogen (secondary N) is 3. The van der Waals surface area contributed by atoms with Gasteiger partial charge >= 0.3 is 0 Å². The highest BCUT2D eigenvalue weighted by Crippen LogP contribution is 2.33. The van der Waals surface area contributed by atoms with Gasteiger partial charge in [-0.2, -0.15) is 9.97 Å². The summed E-state index contributed by atoms with van der Waals surface area (Å²) in [6.07, 6.45) is 18.3. The number of benzene rings is 5. The molecule has 0 spiro atoms. The van der Waals surface area contributed by atoms with Crippen LogP contribution in [0.25, 0.3) is 0 Å². The molecule has 5 aromatic carbocycles. The van der Waals surface area contributed by atoms with E-state index in [0.717, 1.165) is 50.3 Å². The average molecular weight is 1120 g/mol. The van der Waals surface area contributed by atoms with Crippen molar-refractivity contribution in [2.45, 2.75) is 91.4 Å². The molecular weight excluding hydrogens is 1050 g/mol. The highest BCUT2D eigenvalue weighted by molar-refractivity contribution is 6.28. The van der Waals surface area contributed by atoms with Gasteiger partial charge in [0, 0.05) is 60.2 Å². The maximum Gasteiger partial charge on any atom is 0.269 e. The SMILES string of the molecule is C1CCOC1.C=CC(=O)Nc1cccc(Oc2nc(Cl)ncc2OC)c1.C=CC(=O)Nc1cccc(Oc2nc(Nc3ccc(CCCC)cc3)ncc2OC)c1.CCCCc1ccc(N)cc1.CCCCc1ccc([N+](=O)[O-])cc1. The van der Waals surface area contributed by atoms with Crippen molar-refractivity contribution in [2.75, 3.05) is 49.1 Å². The standard InChI is InChI=1S/C24H26N4O3.C14H12ClN3O3.C10H13NO2.C10H15N.C4H8O/c1-4-6-8-17-11-13-18(14-12-17)27-24-25-16-21(30-3)23(28-24)31-20-10-7-9-19(15-20)26-22(29)5-2;1-3-12(19)17-9-5-4-6-10(7-9)21-13-11(20-2)8-16-14(15)18-13;1-2-3-4-9-5-7-10(8-6-9)11(12)13;1-2-3-4-9-5-7-10(11)8-6-9;1-2-4-5-3-1/h5,7,9-16H,2,4,6,8H2,1,3H3,(H,26,29)(H,25,27,28);3-8H,1H2,2H3,(H,17,19);5-8H,2-4H2,1H3;5-8H,2-4,11H2,1H3;1-4H2. The third kappa shape index (κ3) is 25.2. The van der Waals surface area contributed by atoms with Gasteiger partial charge in [0.05, 0.1) is 31.5 Å². The van der Waals surface area contributed by atoms with Crippen LogP contribution in [0.3, 0.4) is 0 Å². The minimum Gasteiger partial charge on any atom is -0.490 e. The molecule has 2 aromatic heterocycles. The fourth-order valence-electron chi connectivity index (χ4n) is 7.07. The van der Waals surface area contributed by atoms with E-state index in [1.807, 2.05) is 36.4 Å². The molecule has 0 aliphatic carbocycles. The third-order valence-corrected chi connectivity index (χ3v) is 11.7. The summed E-state index contributed by atoms with van der Waals surface area (Å²) < 4.78 is 26.9. The molecule has 0 radical (unpaired) electrons. The lowest BCUT2D eigenvalue weighted by Crippen LogP contribution is -2.07. The Balaban J connectivity index is 0.000000242. The number of halogens is 1. The summed E-state index contributed by atoms with van der Waals surface area (Å²) in [5.41, 5.74) is 12.5. The Labute approximate surface area is 480 Å². The second-order valence-corrected chi connectivity index (χ2v) is 18.2. The molecule has 1 aliphatic heterocycles. The van der Waals surface area contributed by atoms with Crippen LogP contribution in [0, 0.1) is 10.1 Å². The van der Waals surface area contributed by atoms with Crippen LogP contribution in [-0.4, -0.2) is 64.1 Å². The summed E-state index contributed by atoms with van der Waals surface area (Å²) in [5, 5.41) is 18.9. The number of nitrogens with two attached hydrogens (primary N) is 1. The van der Waals surface area contributed by atoms with Crippen LogP contribution in [0.4, 0.5) is 34.4 Å². The normalized spacial score (nSPS) is 10.9. The number of amides is 2. The van der Waals surface area contributed by atoms with Gasteiger partial charge in [0.15, 0.2) is 11.5 Å². The van der Waals surface area contributed by atoms with Crippen molar-refractivity contribution in [3.05, 3.63) is 191 Å². The maximum atomic E-state index is 11.5. The monoisotopic (exact) mass is 1120 g/mol. The molecule has 81 heavy (non-hydrogen) atoms. The molecule has 0 bridgehead atoms. The molecule has 5 N–H and O–H groups in total. The average Bonchev–Trinajstić information content (AvgIpc) is 4.09. The molecule has 0 saturated carbocycles. The van der Waals surface area contributed by atoms with Crippen molar-refractivity contribution in [2.24, 2.45) is 0 Å². The summed E-state index contributed by atoms with van der Waals surface area (Å²) in [4.78, 5) is 49.2. The van der Waals surface area contributed by atoms with Gasteiger partial charge in [-0.1, -0.05) is 102 Å². The molecule has 19 heteroatoms. The summed E-state index contributed by atoms with van der Waals surface area (Å²) in [7, 11) is 2.99. The first-order valence-corrected chi connectivity index (χ1v) is 27.1. The number of rotatable bonds is 22. The van der Waals surface area contributed by atoms with E-state index < -0.39 is 0 Å². The zero-order chi connectivity index (χ0) is 58.6. The van der Waals surface area contributed by atoms with E-state index in [4.69, 9.17) is 41.0 Å². The summed E-state index contributed by atoms with van der Waals surface area (Å²) in [5.74, 6) is 1.90. The number of ether oxygens (including phenoxy) is 5. The van der Waals surface area contributed by atoms with E-state index in [-0.39, 0.29) is 39.5 Å². The maximum absolute atomic E-state index is 11.5. The van der Waals surface area contributed by atoms with Gasteiger partial charge in [0.2, 0.25) is 23.0 Å². The number of carbonyl (C=O) groups is 2. The number of aromatic nitrogens is 4. The molecule has 0 atom stereocenters. The lowest BCUT2D eigenvalue weighted by Gasteiger charge is -2.12. The Bertz CT molecular complexity index is 3010. The zero-order valence-electron chi connectivity index (χ0n) is 46.8. The Morgan fingerprint density at radius 3 is 1.52 bits per heavy atom. The Morgan fingerprint density at radius 2 is 1.10 bits per heavy atom. The zero-order valence-corrected chi connectivity index (χ0v) is 47.6. The number of nitro benzene ring substituents is 1. The number of aryl methyl sites for hydroxylation is 3. The van der Waals surface area contributed by atoms with Crippen molar-refractivity contribution in [3.63, 3.8) is 0 Å². The topological polar surface area (TPSA) is 237 Å². The second kappa shape index (κ2) is 37.1. The van der Waals surface area contributed by atoms with Crippen LogP contribution in [0.5, 0.6) is 34.8 Å². The first-order valence-electron chi connectivity index (χ1n) is 26.7. The third-order valence-electron chi connectivity index (χ3n) is 11.5. The molecular formula is C62H74ClN9O9. The molecule has 18 nitrogen and oxygen atoms in total. The number of anilines is 5. The lowest BCUT2D eigenvalue weighted by atomic mass is 10.1. The Hall–Kier alpha value is -8.87. The van der Waals surface area contributed by atoms with Crippen molar-refractivity contribution in [1.29, 1.82) is 0 Å². The molecule has 1 aliphatic rings. The predicted molar refractivity (Wildman–Crippen MR) is 322 cm³/mol. The van der Waals surface area contributed by atoms with Crippen molar-refractivity contribution < 1.29 is 38.2 Å². The van der Waals surface area contributed by atoms with Gasteiger partial charge < -0.3 is 45.4 Å². The fraction of sp³-hybridized carbons (Fsp3) is 0.290. The molecule has 428 valence electrons. The summed E-state index contributed by atoms with van der Waals surface area (Å²) in [6.45, 7) is 15.4. The van der Waals surface area contributed by atoms with Crippen molar-refractivity contribution in [3.8, 4) is 34.8 Å². The molecule has 1 fully saturated rings. The number of hydrogen-bond donors (Lipinski definition) is 4. The van der Waals surface area contributed by atoms with Gasteiger partial charge in [0.25, 0.3) is 17.4 Å². The van der Waals surface area contributed by atoms with Crippen LogP contribution in [0.1, 0.15) is 88.8 Å². The number of unbranched alkanes of at least 4 members (excludes halogenated alkanes) is 3. The van der Waals surface area contributed by atoms with Gasteiger partial charge in [-0.3, -0.25) is 19.7 Å². The van der Waals surface area contributed by atoms with Crippen LogP contribution < -0.4 is 40.6 Å². The number of nitrogens with zero attached hydrogens (tertiary/aromatic N) is 5.